The number of nitrogens with one attached hydrogen (secondary N) is 1. The van der Waals surface area contributed by atoms with Crippen molar-refractivity contribution in [2.75, 3.05) is 12.4 Å². The number of carbonyl (C=O) groups excluding carboxylic acids is 1. The summed E-state index contributed by atoms with van der Waals surface area (Å²) in [5.41, 5.74) is 4.29. The fourth-order valence-corrected chi connectivity index (χ4v) is 4.07. The van der Waals surface area contributed by atoms with Gasteiger partial charge in [-0.05, 0) is 37.3 Å². The van der Waals surface area contributed by atoms with Gasteiger partial charge in [-0.1, -0.05) is 54.2 Å². The van der Waals surface area contributed by atoms with E-state index < -0.39 is 10.8 Å². The second kappa shape index (κ2) is 11.8. The lowest BCUT2D eigenvalue weighted by atomic mass is 10.2. The summed E-state index contributed by atoms with van der Waals surface area (Å²) in [7, 11) is 0. The van der Waals surface area contributed by atoms with Crippen LogP contribution in [-0.2, 0) is 4.79 Å². The minimum atomic E-state index is -0.503. The SMILES string of the molecule is CCOc1ccc(-n2c(SCC(=O)N/N=C/c3ccccc3[N+](=O)[O-])nnc2-c2ccccc2)cc1. The van der Waals surface area contributed by atoms with Gasteiger partial charge in [0.15, 0.2) is 11.0 Å². The number of para-hydroxylation sites is 1. The van der Waals surface area contributed by atoms with Crippen molar-refractivity contribution >= 4 is 29.6 Å². The number of hydrazone groups is 1. The molecular formula is C25H22N6O4S. The number of thioether (sulfide) groups is 1. The molecule has 0 aliphatic heterocycles. The summed E-state index contributed by atoms with van der Waals surface area (Å²) in [6, 6.07) is 23.3. The molecule has 1 aromatic heterocycles. The minimum Gasteiger partial charge on any atom is -0.494 e. The monoisotopic (exact) mass is 502 g/mol. The molecule has 0 fully saturated rings. The quantitative estimate of drug-likeness (QED) is 0.147. The highest BCUT2D eigenvalue weighted by Gasteiger charge is 2.17. The van der Waals surface area contributed by atoms with Crippen LogP contribution in [0.3, 0.4) is 0 Å². The molecule has 4 aromatic rings. The Morgan fingerprint density at radius 1 is 1.08 bits per heavy atom. The molecule has 0 saturated carbocycles. The number of hydrogen-bond acceptors (Lipinski definition) is 8. The molecule has 1 N–H and O–H groups in total. The Labute approximate surface area is 211 Å². The summed E-state index contributed by atoms with van der Waals surface area (Å²) in [5.74, 6) is 1.01. The fourth-order valence-electron chi connectivity index (χ4n) is 3.33. The van der Waals surface area contributed by atoms with Crippen LogP contribution in [0.5, 0.6) is 5.75 Å². The molecule has 0 bridgehead atoms. The lowest BCUT2D eigenvalue weighted by molar-refractivity contribution is -0.385. The van der Waals surface area contributed by atoms with Crippen molar-refractivity contribution in [3.05, 3.63) is 94.5 Å². The van der Waals surface area contributed by atoms with Gasteiger partial charge in [0, 0.05) is 17.3 Å². The van der Waals surface area contributed by atoms with Crippen LogP contribution >= 0.6 is 11.8 Å². The molecule has 1 heterocycles. The first kappa shape index (κ1) is 24.6. The molecule has 182 valence electrons. The third-order valence-corrected chi connectivity index (χ3v) is 5.86. The average Bonchev–Trinajstić information content (AvgIpc) is 3.33. The first-order chi connectivity index (χ1) is 17.6. The molecule has 0 unspecified atom stereocenters. The maximum atomic E-state index is 12.4. The van der Waals surface area contributed by atoms with Crippen LogP contribution < -0.4 is 10.2 Å². The molecular weight excluding hydrogens is 480 g/mol. The number of nitro benzene ring substituents is 1. The van der Waals surface area contributed by atoms with Crippen molar-refractivity contribution in [2.24, 2.45) is 5.10 Å². The van der Waals surface area contributed by atoms with Crippen molar-refractivity contribution in [1.82, 2.24) is 20.2 Å². The molecule has 36 heavy (non-hydrogen) atoms. The number of ether oxygens (including phenoxy) is 1. The smallest absolute Gasteiger partial charge is 0.278 e. The van der Waals surface area contributed by atoms with Crippen LogP contribution in [0.2, 0.25) is 0 Å². The summed E-state index contributed by atoms with van der Waals surface area (Å²) in [6.45, 7) is 2.49. The van der Waals surface area contributed by atoms with Gasteiger partial charge in [0.1, 0.15) is 5.75 Å². The first-order valence-electron chi connectivity index (χ1n) is 11.0. The van der Waals surface area contributed by atoms with E-state index in [9.17, 15) is 14.9 Å². The van der Waals surface area contributed by atoms with Crippen molar-refractivity contribution < 1.29 is 14.5 Å². The van der Waals surface area contributed by atoms with Crippen LogP contribution in [-0.4, -0.2) is 44.2 Å². The number of amides is 1. The Bertz CT molecular complexity index is 1370. The largest absolute Gasteiger partial charge is 0.494 e. The third kappa shape index (κ3) is 5.94. The zero-order valence-corrected chi connectivity index (χ0v) is 20.1. The number of benzene rings is 3. The lowest BCUT2D eigenvalue weighted by Crippen LogP contribution is -2.20. The number of carbonyl (C=O) groups is 1. The van der Waals surface area contributed by atoms with Gasteiger partial charge in [-0.3, -0.25) is 19.5 Å². The van der Waals surface area contributed by atoms with E-state index in [1.165, 1.54) is 24.0 Å². The van der Waals surface area contributed by atoms with Gasteiger partial charge in [0.25, 0.3) is 11.6 Å². The molecule has 0 atom stereocenters. The van der Waals surface area contributed by atoms with Crippen LogP contribution in [0.25, 0.3) is 17.1 Å². The Morgan fingerprint density at radius 2 is 1.81 bits per heavy atom. The predicted molar refractivity (Wildman–Crippen MR) is 138 cm³/mol. The van der Waals surface area contributed by atoms with Crippen molar-refractivity contribution in [3.8, 4) is 22.8 Å². The lowest BCUT2D eigenvalue weighted by Gasteiger charge is -2.11. The van der Waals surface area contributed by atoms with Gasteiger partial charge >= 0.3 is 0 Å². The van der Waals surface area contributed by atoms with E-state index in [0.717, 1.165) is 17.0 Å². The van der Waals surface area contributed by atoms with E-state index in [-0.39, 0.29) is 17.0 Å². The Hall–Kier alpha value is -4.51. The second-order valence-corrected chi connectivity index (χ2v) is 8.27. The van der Waals surface area contributed by atoms with Crippen LogP contribution in [0.15, 0.2) is 89.1 Å². The maximum absolute atomic E-state index is 12.4. The number of rotatable bonds is 10. The minimum absolute atomic E-state index is 0.0121. The van der Waals surface area contributed by atoms with Crippen LogP contribution in [0, 0.1) is 10.1 Å². The molecule has 4 rings (SSSR count). The van der Waals surface area contributed by atoms with Gasteiger partial charge in [0.2, 0.25) is 0 Å². The summed E-state index contributed by atoms with van der Waals surface area (Å²) < 4.78 is 7.42. The number of aromatic nitrogens is 3. The van der Waals surface area contributed by atoms with Crippen molar-refractivity contribution in [1.29, 1.82) is 0 Å². The molecule has 1 amide bonds. The standard InChI is InChI=1S/C25H22N6O4S/c1-2-35-21-14-12-20(13-15-21)30-24(18-8-4-3-5-9-18)28-29-25(30)36-17-23(32)27-26-16-19-10-6-7-11-22(19)31(33)34/h3-16H,2,17H2,1H3,(H,27,32)/b26-16+. The predicted octanol–water partition coefficient (Wildman–Crippen LogP) is 4.48. The van der Waals surface area contributed by atoms with Crippen LogP contribution in [0.4, 0.5) is 5.69 Å². The molecule has 0 aliphatic carbocycles. The average molecular weight is 503 g/mol. The highest BCUT2D eigenvalue weighted by molar-refractivity contribution is 7.99. The van der Waals surface area contributed by atoms with Gasteiger partial charge in [-0.2, -0.15) is 5.10 Å². The number of nitro groups is 1. The van der Waals surface area contributed by atoms with Gasteiger partial charge in [-0.15, -0.1) is 10.2 Å². The summed E-state index contributed by atoms with van der Waals surface area (Å²) >= 11 is 1.20. The zero-order valence-electron chi connectivity index (χ0n) is 19.3. The van der Waals surface area contributed by atoms with Gasteiger partial charge in [0.05, 0.1) is 29.1 Å². The van der Waals surface area contributed by atoms with E-state index in [1.807, 2.05) is 66.1 Å². The fraction of sp³-hybridized carbons (Fsp3) is 0.120. The zero-order chi connectivity index (χ0) is 25.3. The highest BCUT2D eigenvalue weighted by Crippen LogP contribution is 2.28. The van der Waals surface area contributed by atoms with Gasteiger partial charge in [-0.25, -0.2) is 5.43 Å². The van der Waals surface area contributed by atoms with Crippen molar-refractivity contribution in [3.63, 3.8) is 0 Å². The van der Waals surface area contributed by atoms with Crippen molar-refractivity contribution in [2.45, 2.75) is 12.1 Å². The summed E-state index contributed by atoms with van der Waals surface area (Å²) in [6.07, 6.45) is 1.25. The first-order valence-corrected chi connectivity index (χ1v) is 12.0. The van der Waals surface area contributed by atoms with E-state index >= 15 is 0 Å². The third-order valence-electron chi connectivity index (χ3n) is 4.93. The Balaban J connectivity index is 1.50. The summed E-state index contributed by atoms with van der Waals surface area (Å²) in [5, 5.41) is 24.2. The topological polar surface area (TPSA) is 125 Å². The van der Waals surface area contributed by atoms with Gasteiger partial charge < -0.3 is 4.74 Å². The summed E-state index contributed by atoms with van der Waals surface area (Å²) in [4.78, 5) is 23.0. The number of hydrogen-bond donors (Lipinski definition) is 1. The maximum Gasteiger partial charge on any atom is 0.278 e. The van der Waals surface area contributed by atoms with E-state index in [0.29, 0.717) is 17.6 Å². The molecule has 10 nitrogen and oxygen atoms in total. The Morgan fingerprint density at radius 3 is 2.53 bits per heavy atom. The molecule has 0 radical (unpaired) electrons. The highest BCUT2D eigenvalue weighted by atomic mass is 32.2. The normalized spacial score (nSPS) is 10.9. The molecule has 0 aliphatic rings. The molecule has 0 spiro atoms. The van der Waals surface area contributed by atoms with E-state index in [1.54, 1.807) is 18.2 Å². The molecule has 0 saturated heterocycles. The van der Waals surface area contributed by atoms with Crippen LogP contribution in [0.1, 0.15) is 12.5 Å². The Kier molecular flexibility index (Phi) is 8.04. The molecule has 3 aromatic carbocycles. The molecule has 11 heteroatoms. The van der Waals surface area contributed by atoms with E-state index in [4.69, 9.17) is 4.74 Å². The van der Waals surface area contributed by atoms with E-state index in [2.05, 4.69) is 20.7 Å². The second-order valence-electron chi connectivity index (χ2n) is 7.33. The number of nitrogens with zero attached hydrogens (tertiary/aromatic N) is 5.